The molecule has 0 unspecified atom stereocenters. The van der Waals surface area contributed by atoms with Crippen LogP contribution in [0.2, 0.25) is 0 Å². The Morgan fingerprint density at radius 3 is 2.68 bits per heavy atom. The van der Waals surface area contributed by atoms with Crippen molar-refractivity contribution in [1.29, 1.82) is 5.26 Å². The fourth-order valence-corrected chi connectivity index (χ4v) is 2.68. The van der Waals surface area contributed by atoms with Crippen molar-refractivity contribution in [2.75, 3.05) is 7.11 Å². The SMILES string of the molecule is COC(=O)c1cc(F)cc2nn(-c3ccc(C#N)cc3)c(CC=O)c12. The summed E-state index contributed by atoms with van der Waals surface area (Å²) in [6.45, 7) is 0. The number of hydrogen-bond acceptors (Lipinski definition) is 5. The van der Waals surface area contributed by atoms with Gasteiger partial charge in [0.2, 0.25) is 0 Å². The molecule has 2 aromatic carbocycles. The Labute approximate surface area is 142 Å². The maximum absolute atomic E-state index is 13.9. The largest absolute Gasteiger partial charge is 0.465 e. The lowest BCUT2D eigenvalue weighted by molar-refractivity contribution is -0.107. The van der Waals surface area contributed by atoms with Crippen molar-refractivity contribution in [3.05, 3.63) is 59.0 Å². The number of aromatic nitrogens is 2. The summed E-state index contributed by atoms with van der Waals surface area (Å²) in [6.07, 6.45) is 0.660. The van der Waals surface area contributed by atoms with Gasteiger partial charge in [0.15, 0.2) is 0 Å². The first kappa shape index (κ1) is 16.3. The lowest BCUT2D eigenvalue weighted by Crippen LogP contribution is -2.06. The Balaban J connectivity index is 2.32. The van der Waals surface area contributed by atoms with Crippen molar-refractivity contribution in [2.24, 2.45) is 0 Å². The standard InChI is InChI=1S/C18H12FN3O3/c1-25-18(24)14-8-12(19)9-15-17(14)16(6-7-23)22(21-15)13-4-2-11(10-20)3-5-13/h2-5,7-9H,6H2,1H3. The van der Waals surface area contributed by atoms with E-state index in [1.54, 1.807) is 24.3 Å². The van der Waals surface area contributed by atoms with Gasteiger partial charge in [-0.1, -0.05) is 0 Å². The number of benzene rings is 2. The summed E-state index contributed by atoms with van der Waals surface area (Å²) < 4.78 is 20.0. The third kappa shape index (κ3) is 2.85. The first-order valence-electron chi connectivity index (χ1n) is 7.32. The third-order valence-electron chi connectivity index (χ3n) is 3.76. The number of fused-ring (bicyclic) bond motifs is 1. The molecule has 3 rings (SSSR count). The monoisotopic (exact) mass is 337 g/mol. The maximum atomic E-state index is 13.9. The number of carbonyl (C=O) groups is 2. The smallest absolute Gasteiger partial charge is 0.338 e. The summed E-state index contributed by atoms with van der Waals surface area (Å²) in [6, 6.07) is 10.8. The molecule has 0 spiro atoms. The molecule has 6 nitrogen and oxygen atoms in total. The Bertz CT molecular complexity index is 1020. The van der Waals surface area contributed by atoms with Crippen molar-refractivity contribution in [2.45, 2.75) is 6.42 Å². The lowest BCUT2D eigenvalue weighted by Gasteiger charge is -2.07. The van der Waals surface area contributed by atoms with Crippen LogP contribution in [0, 0.1) is 17.1 Å². The summed E-state index contributed by atoms with van der Waals surface area (Å²) in [5.41, 5.74) is 1.74. The number of rotatable bonds is 4. The Kier molecular flexibility index (Phi) is 4.27. The van der Waals surface area contributed by atoms with Crippen molar-refractivity contribution in [3.63, 3.8) is 0 Å². The van der Waals surface area contributed by atoms with E-state index in [1.165, 1.54) is 17.9 Å². The summed E-state index contributed by atoms with van der Waals surface area (Å²) in [4.78, 5) is 23.2. The van der Waals surface area contributed by atoms with Gasteiger partial charge in [0.1, 0.15) is 12.1 Å². The van der Waals surface area contributed by atoms with Crippen LogP contribution in [-0.2, 0) is 16.0 Å². The fraction of sp³-hybridized carbons (Fsp3) is 0.111. The van der Waals surface area contributed by atoms with Crippen LogP contribution in [0.5, 0.6) is 0 Å². The van der Waals surface area contributed by atoms with E-state index in [0.29, 0.717) is 28.6 Å². The highest BCUT2D eigenvalue weighted by Crippen LogP contribution is 2.27. The van der Waals surface area contributed by atoms with E-state index in [4.69, 9.17) is 10.00 Å². The lowest BCUT2D eigenvalue weighted by atomic mass is 10.1. The molecule has 1 heterocycles. The molecule has 1 aromatic heterocycles. The predicted octanol–water partition coefficient (Wildman–Crippen LogP) is 2.56. The zero-order chi connectivity index (χ0) is 18.0. The average molecular weight is 337 g/mol. The maximum Gasteiger partial charge on any atom is 0.338 e. The van der Waals surface area contributed by atoms with Crippen molar-refractivity contribution in [1.82, 2.24) is 9.78 Å². The highest BCUT2D eigenvalue weighted by molar-refractivity contribution is 6.05. The van der Waals surface area contributed by atoms with E-state index in [2.05, 4.69) is 5.10 Å². The molecule has 0 aliphatic heterocycles. The van der Waals surface area contributed by atoms with Crippen LogP contribution in [0.25, 0.3) is 16.6 Å². The van der Waals surface area contributed by atoms with Crippen LogP contribution in [0.1, 0.15) is 21.6 Å². The third-order valence-corrected chi connectivity index (χ3v) is 3.76. The molecule has 0 N–H and O–H groups in total. The molecule has 7 heteroatoms. The second kappa shape index (κ2) is 6.53. The molecule has 0 bridgehead atoms. The Morgan fingerprint density at radius 2 is 2.08 bits per heavy atom. The Morgan fingerprint density at radius 1 is 1.36 bits per heavy atom. The number of nitrogens with zero attached hydrogens (tertiary/aromatic N) is 3. The molecule has 0 aliphatic rings. The van der Waals surface area contributed by atoms with Gasteiger partial charge in [0.05, 0.1) is 41.2 Å². The molecular weight excluding hydrogens is 325 g/mol. The number of halogens is 1. The summed E-state index contributed by atoms with van der Waals surface area (Å²) in [5, 5.41) is 13.6. The van der Waals surface area contributed by atoms with Gasteiger partial charge in [-0.15, -0.1) is 0 Å². The van der Waals surface area contributed by atoms with E-state index >= 15 is 0 Å². The van der Waals surface area contributed by atoms with Gasteiger partial charge in [-0.2, -0.15) is 10.4 Å². The molecule has 0 atom stereocenters. The van der Waals surface area contributed by atoms with Gasteiger partial charge in [-0.3, -0.25) is 0 Å². The minimum atomic E-state index is -0.712. The number of methoxy groups -OCH3 is 1. The molecule has 0 radical (unpaired) electrons. The summed E-state index contributed by atoms with van der Waals surface area (Å²) in [5.74, 6) is -1.34. The number of aldehydes is 1. The number of esters is 1. The van der Waals surface area contributed by atoms with Gasteiger partial charge in [-0.25, -0.2) is 13.9 Å². The number of hydrogen-bond donors (Lipinski definition) is 0. The van der Waals surface area contributed by atoms with Gasteiger partial charge in [0, 0.05) is 17.9 Å². The van der Waals surface area contributed by atoms with Crippen LogP contribution in [0.15, 0.2) is 36.4 Å². The van der Waals surface area contributed by atoms with Crippen LogP contribution in [0.4, 0.5) is 4.39 Å². The van der Waals surface area contributed by atoms with Gasteiger partial charge in [0.25, 0.3) is 0 Å². The molecule has 3 aromatic rings. The van der Waals surface area contributed by atoms with Crippen LogP contribution < -0.4 is 0 Å². The van der Waals surface area contributed by atoms with Gasteiger partial charge < -0.3 is 9.53 Å². The zero-order valence-corrected chi connectivity index (χ0v) is 13.2. The molecule has 0 aliphatic carbocycles. The van der Waals surface area contributed by atoms with E-state index in [1.807, 2.05) is 6.07 Å². The number of ether oxygens (including phenoxy) is 1. The molecule has 0 saturated heterocycles. The molecule has 0 saturated carbocycles. The molecule has 0 amide bonds. The highest BCUT2D eigenvalue weighted by atomic mass is 19.1. The summed E-state index contributed by atoms with van der Waals surface area (Å²) >= 11 is 0. The summed E-state index contributed by atoms with van der Waals surface area (Å²) in [7, 11) is 1.20. The molecule has 124 valence electrons. The van der Waals surface area contributed by atoms with Crippen molar-refractivity contribution < 1.29 is 18.7 Å². The zero-order valence-electron chi connectivity index (χ0n) is 13.2. The molecule has 0 fully saturated rings. The molecular formula is C18H12FN3O3. The Hall–Kier alpha value is -3.53. The first-order valence-corrected chi connectivity index (χ1v) is 7.32. The quantitative estimate of drug-likeness (QED) is 0.539. The number of nitriles is 1. The van der Waals surface area contributed by atoms with Gasteiger partial charge >= 0.3 is 5.97 Å². The number of carbonyl (C=O) groups excluding carboxylic acids is 2. The van der Waals surface area contributed by atoms with E-state index < -0.39 is 11.8 Å². The average Bonchev–Trinajstić information content (AvgIpc) is 2.99. The minimum absolute atomic E-state index is 0.00856. The first-order chi connectivity index (χ1) is 12.1. The fourth-order valence-electron chi connectivity index (χ4n) is 2.68. The van der Waals surface area contributed by atoms with E-state index in [-0.39, 0.29) is 17.5 Å². The van der Waals surface area contributed by atoms with Gasteiger partial charge in [-0.05, 0) is 30.3 Å². The van der Waals surface area contributed by atoms with Crippen molar-refractivity contribution in [3.8, 4) is 11.8 Å². The second-order valence-electron chi connectivity index (χ2n) is 5.23. The van der Waals surface area contributed by atoms with Crippen LogP contribution in [0.3, 0.4) is 0 Å². The normalized spacial score (nSPS) is 10.4. The van der Waals surface area contributed by atoms with Crippen molar-refractivity contribution >= 4 is 23.2 Å². The minimum Gasteiger partial charge on any atom is -0.465 e. The topological polar surface area (TPSA) is 85.0 Å². The molecule has 25 heavy (non-hydrogen) atoms. The van der Waals surface area contributed by atoms with E-state index in [9.17, 15) is 14.0 Å². The van der Waals surface area contributed by atoms with Crippen LogP contribution >= 0.6 is 0 Å². The predicted molar refractivity (Wildman–Crippen MR) is 86.9 cm³/mol. The van der Waals surface area contributed by atoms with Crippen LogP contribution in [-0.4, -0.2) is 29.1 Å². The van der Waals surface area contributed by atoms with E-state index in [0.717, 1.165) is 6.07 Å². The second-order valence-corrected chi connectivity index (χ2v) is 5.23. The highest BCUT2D eigenvalue weighted by Gasteiger charge is 2.21.